The Balaban J connectivity index is 1.83. The van der Waals surface area contributed by atoms with Gasteiger partial charge in [0, 0.05) is 16.7 Å². The van der Waals surface area contributed by atoms with Crippen LogP contribution in [-0.2, 0) is 14.3 Å². The lowest BCUT2D eigenvalue weighted by atomic mass is 10.2. The molecule has 6 nitrogen and oxygen atoms in total. The molecule has 1 saturated heterocycles. The van der Waals surface area contributed by atoms with Crippen LogP contribution in [0.1, 0.15) is 12.7 Å². The van der Waals surface area contributed by atoms with Gasteiger partial charge in [-0.3, -0.25) is 14.5 Å². The first-order valence-corrected chi connectivity index (χ1v) is 8.81. The average Bonchev–Trinajstić information content (AvgIpc) is 3.19. The van der Waals surface area contributed by atoms with Gasteiger partial charge in [-0.05, 0) is 55.1 Å². The first-order chi connectivity index (χ1) is 12.4. The van der Waals surface area contributed by atoms with Gasteiger partial charge in [0.15, 0.2) is 0 Å². The van der Waals surface area contributed by atoms with Crippen molar-refractivity contribution in [2.24, 2.45) is 0 Å². The van der Waals surface area contributed by atoms with Crippen molar-refractivity contribution in [3.05, 3.63) is 52.1 Å². The van der Waals surface area contributed by atoms with E-state index in [1.54, 1.807) is 24.3 Å². The molecule has 1 fully saturated rings. The summed E-state index contributed by atoms with van der Waals surface area (Å²) in [5.41, 5.74) is 0.835. The summed E-state index contributed by atoms with van der Waals surface area (Å²) in [4.78, 5) is 37.2. The van der Waals surface area contributed by atoms with Crippen LogP contribution in [0.3, 0.4) is 0 Å². The lowest BCUT2D eigenvalue weighted by Crippen LogP contribution is -2.42. The number of methoxy groups -OCH3 is 1. The number of halogens is 1. The summed E-state index contributed by atoms with van der Waals surface area (Å²) < 4.78 is 10.3. The number of thioether (sulfide) groups is 1. The molecule has 0 spiro atoms. The van der Waals surface area contributed by atoms with Crippen LogP contribution >= 0.6 is 23.4 Å². The molecular weight excluding hydrogens is 378 g/mol. The third kappa shape index (κ3) is 3.54. The molecule has 8 heteroatoms. The van der Waals surface area contributed by atoms with Crippen LogP contribution in [0.25, 0.3) is 17.4 Å². The zero-order chi connectivity index (χ0) is 18.8. The fraction of sp³-hybridized carbons (Fsp3) is 0.167. The maximum absolute atomic E-state index is 12.4. The summed E-state index contributed by atoms with van der Waals surface area (Å²) in [6, 6.07) is 9.60. The smallest absolute Gasteiger partial charge is 0.328 e. The van der Waals surface area contributed by atoms with E-state index in [9.17, 15) is 14.4 Å². The van der Waals surface area contributed by atoms with Gasteiger partial charge in [-0.15, -0.1) is 0 Å². The van der Waals surface area contributed by atoms with Gasteiger partial charge in [0.05, 0.1) is 12.0 Å². The number of hydrogen-bond acceptors (Lipinski definition) is 6. The summed E-state index contributed by atoms with van der Waals surface area (Å²) in [6.07, 6.45) is 1.48. The summed E-state index contributed by atoms with van der Waals surface area (Å²) in [5.74, 6) is -0.180. The first kappa shape index (κ1) is 18.3. The predicted octanol–water partition coefficient (Wildman–Crippen LogP) is 4.20. The van der Waals surface area contributed by atoms with Gasteiger partial charge < -0.3 is 9.15 Å². The van der Waals surface area contributed by atoms with Crippen LogP contribution < -0.4 is 0 Å². The summed E-state index contributed by atoms with van der Waals surface area (Å²) in [6.45, 7) is 1.44. The second-order valence-corrected chi connectivity index (χ2v) is 6.89. The standard InChI is InChI=1S/C18H14ClNO5S/c1-10(17(22)24-2)20-16(21)15(26-18(20)23)9-13-7-8-14(25-13)11-3-5-12(19)6-4-11/h3-10H,1-2H3/b15-9+/t10-/m1/s1. The van der Waals surface area contributed by atoms with Crippen molar-refractivity contribution in [2.45, 2.75) is 13.0 Å². The Labute approximate surface area is 158 Å². The van der Waals surface area contributed by atoms with Gasteiger partial charge in [-0.2, -0.15) is 0 Å². The molecule has 26 heavy (non-hydrogen) atoms. The number of amides is 2. The Morgan fingerprint density at radius 2 is 1.92 bits per heavy atom. The van der Waals surface area contributed by atoms with Crippen molar-refractivity contribution in [3.63, 3.8) is 0 Å². The summed E-state index contributed by atoms with van der Waals surface area (Å²) >= 11 is 6.62. The van der Waals surface area contributed by atoms with E-state index < -0.39 is 23.2 Å². The highest BCUT2D eigenvalue weighted by Gasteiger charge is 2.41. The number of ether oxygens (including phenoxy) is 1. The molecule has 0 N–H and O–H groups in total. The number of hydrogen-bond donors (Lipinski definition) is 0. The Morgan fingerprint density at radius 1 is 1.23 bits per heavy atom. The zero-order valence-corrected chi connectivity index (χ0v) is 15.5. The second-order valence-electron chi connectivity index (χ2n) is 5.46. The molecule has 134 valence electrons. The average molecular weight is 392 g/mol. The molecule has 2 aromatic rings. The molecular formula is C18H14ClNO5S. The maximum atomic E-state index is 12.4. The highest BCUT2D eigenvalue weighted by molar-refractivity contribution is 8.18. The van der Waals surface area contributed by atoms with E-state index >= 15 is 0 Å². The third-order valence-electron chi connectivity index (χ3n) is 3.78. The Hall–Kier alpha value is -2.51. The van der Waals surface area contributed by atoms with Crippen molar-refractivity contribution in [1.82, 2.24) is 4.90 Å². The van der Waals surface area contributed by atoms with Crippen LogP contribution in [0, 0.1) is 0 Å². The number of carbonyl (C=O) groups is 3. The fourth-order valence-electron chi connectivity index (χ4n) is 2.42. The zero-order valence-electron chi connectivity index (χ0n) is 13.9. The molecule has 1 aromatic heterocycles. The number of benzene rings is 1. The van der Waals surface area contributed by atoms with E-state index in [2.05, 4.69) is 4.74 Å². The monoisotopic (exact) mass is 391 g/mol. The second kappa shape index (κ2) is 7.39. The van der Waals surface area contributed by atoms with E-state index in [0.717, 1.165) is 22.2 Å². The molecule has 2 amide bonds. The van der Waals surface area contributed by atoms with Crippen molar-refractivity contribution >= 4 is 46.6 Å². The van der Waals surface area contributed by atoms with Crippen molar-refractivity contribution < 1.29 is 23.5 Å². The minimum Gasteiger partial charge on any atom is -0.467 e. The molecule has 0 saturated carbocycles. The lowest BCUT2D eigenvalue weighted by molar-refractivity contribution is -0.148. The Bertz CT molecular complexity index is 903. The highest BCUT2D eigenvalue weighted by atomic mass is 35.5. The van der Waals surface area contributed by atoms with E-state index in [-0.39, 0.29) is 4.91 Å². The Kier molecular flexibility index (Phi) is 5.20. The number of rotatable bonds is 4. The topological polar surface area (TPSA) is 76.8 Å². The highest BCUT2D eigenvalue weighted by Crippen LogP contribution is 2.34. The van der Waals surface area contributed by atoms with Crippen molar-refractivity contribution in [3.8, 4) is 11.3 Å². The number of esters is 1. The first-order valence-electron chi connectivity index (χ1n) is 7.61. The van der Waals surface area contributed by atoms with E-state index in [4.69, 9.17) is 16.0 Å². The lowest BCUT2D eigenvalue weighted by Gasteiger charge is -2.18. The molecule has 1 aliphatic heterocycles. The molecule has 3 rings (SSSR count). The molecule has 0 bridgehead atoms. The summed E-state index contributed by atoms with van der Waals surface area (Å²) in [7, 11) is 1.20. The van der Waals surface area contributed by atoms with Crippen LogP contribution in [-0.4, -0.2) is 35.2 Å². The minimum absolute atomic E-state index is 0.183. The van der Waals surface area contributed by atoms with Gasteiger partial charge in [0.25, 0.3) is 11.1 Å². The molecule has 0 radical (unpaired) electrons. The van der Waals surface area contributed by atoms with Crippen molar-refractivity contribution in [1.29, 1.82) is 0 Å². The SMILES string of the molecule is COC(=O)[C@@H](C)N1C(=O)S/C(=C/c2ccc(-c3ccc(Cl)cc3)o2)C1=O. The number of carbonyl (C=O) groups excluding carboxylic acids is 3. The van der Waals surface area contributed by atoms with Gasteiger partial charge in [0.2, 0.25) is 0 Å². The molecule has 0 aliphatic carbocycles. The van der Waals surface area contributed by atoms with Gasteiger partial charge >= 0.3 is 5.97 Å². The van der Waals surface area contributed by atoms with E-state index in [1.165, 1.54) is 20.1 Å². The van der Waals surface area contributed by atoms with Gasteiger partial charge in [0.1, 0.15) is 17.6 Å². The van der Waals surface area contributed by atoms with Crippen molar-refractivity contribution in [2.75, 3.05) is 7.11 Å². The van der Waals surface area contributed by atoms with Gasteiger partial charge in [-0.1, -0.05) is 11.6 Å². The molecule has 1 atom stereocenters. The van der Waals surface area contributed by atoms with Crippen LogP contribution in [0.15, 0.2) is 45.7 Å². The third-order valence-corrected chi connectivity index (χ3v) is 4.92. The number of furan rings is 1. The largest absolute Gasteiger partial charge is 0.467 e. The normalized spacial score (nSPS) is 17.0. The molecule has 1 aromatic carbocycles. The Morgan fingerprint density at radius 3 is 2.58 bits per heavy atom. The molecule has 1 aliphatic rings. The van der Waals surface area contributed by atoms with Crippen LogP contribution in [0.5, 0.6) is 0 Å². The van der Waals surface area contributed by atoms with Crippen LogP contribution in [0.4, 0.5) is 4.79 Å². The fourth-order valence-corrected chi connectivity index (χ4v) is 3.43. The predicted molar refractivity (Wildman–Crippen MR) is 98.4 cm³/mol. The molecule has 2 heterocycles. The van der Waals surface area contributed by atoms with Gasteiger partial charge in [-0.25, -0.2) is 4.79 Å². The minimum atomic E-state index is -0.986. The summed E-state index contributed by atoms with van der Waals surface area (Å²) in [5, 5.41) is 0.0950. The number of imide groups is 1. The van der Waals surface area contributed by atoms with Crippen LogP contribution in [0.2, 0.25) is 5.02 Å². The molecule has 0 unspecified atom stereocenters. The van der Waals surface area contributed by atoms with E-state index in [1.807, 2.05) is 12.1 Å². The van der Waals surface area contributed by atoms with E-state index in [0.29, 0.717) is 16.5 Å². The number of nitrogens with zero attached hydrogens (tertiary/aromatic N) is 1. The maximum Gasteiger partial charge on any atom is 0.328 e. The quantitative estimate of drug-likeness (QED) is 0.574.